The summed E-state index contributed by atoms with van der Waals surface area (Å²) < 4.78 is 0. The number of benzene rings is 1. The van der Waals surface area contributed by atoms with Crippen molar-refractivity contribution in [3.05, 3.63) is 35.9 Å². The number of nitrogens with one attached hydrogen (secondary N) is 2. The first-order valence-corrected chi connectivity index (χ1v) is 9.76. The summed E-state index contributed by atoms with van der Waals surface area (Å²) in [5, 5.41) is 6.85. The molecule has 0 amide bonds. The van der Waals surface area contributed by atoms with E-state index in [2.05, 4.69) is 55.8 Å². The summed E-state index contributed by atoms with van der Waals surface area (Å²) in [5.74, 6) is 1.84. The Bertz CT molecular complexity index is 524. The molecule has 1 aliphatic heterocycles. The van der Waals surface area contributed by atoms with E-state index in [9.17, 15) is 0 Å². The first kappa shape index (κ1) is 21.4. The van der Waals surface area contributed by atoms with E-state index in [4.69, 9.17) is 0 Å². The highest BCUT2D eigenvalue weighted by Gasteiger charge is 2.21. The van der Waals surface area contributed by atoms with Gasteiger partial charge < -0.3 is 15.5 Å². The van der Waals surface area contributed by atoms with Gasteiger partial charge in [-0.2, -0.15) is 0 Å². The van der Waals surface area contributed by atoms with Crippen molar-refractivity contribution in [2.24, 2.45) is 10.9 Å². The molecule has 0 spiro atoms. The van der Waals surface area contributed by atoms with Crippen molar-refractivity contribution in [1.29, 1.82) is 0 Å². The normalized spacial score (nSPS) is 19.0. The lowest BCUT2D eigenvalue weighted by atomic mass is 10.2. The zero-order valence-electron chi connectivity index (χ0n) is 16.0. The van der Waals surface area contributed by atoms with E-state index >= 15 is 0 Å². The van der Waals surface area contributed by atoms with E-state index in [0.29, 0.717) is 0 Å². The summed E-state index contributed by atoms with van der Waals surface area (Å²) in [4.78, 5) is 9.45. The fourth-order valence-electron chi connectivity index (χ4n) is 3.31. The van der Waals surface area contributed by atoms with E-state index in [1.54, 1.807) is 0 Å². The molecule has 0 atom stereocenters. The van der Waals surface area contributed by atoms with Crippen LogP contribution in [-0.4, -0.2) is 68.6 Å². The van der Waals surface area contributed by atoms with E-state index < -0.39 is 0 Å². The highest BCUT2D eigenvalue weighted by molar-refractivity contribution is 14.0. The van der Waals surface area contributed by atoms with Crippen LogP contribution in [0.1, 0.15) is 24.8 Å². The molecule has 0 aromatic heterocycles. The molecule has 0 bridgehead atoms. The van der Waals surface area contributed by atoms with E-state index in [1.807, 2.05) is 7.05 Å². The van der Waals surface area contributed by atoms with Crippen molar-refractivity contribution in [3.8, 4) is 0 Å². The largest absolute Gasteiger partial charge is 0.356 e. The lowest BCUT2D eigenvalue weighted by Crippen LogP contribution is -2.46. The van der Waals surface area contributed by atoms with Gasteiger partial charge >= 0.3 is 0 Å². The lowest BCUT2D eigenvalue weighted by Gasteiger charge is -2.34. The second-order valence-corrected chi connectivity index (χ2v) is 7.28. The molecular weight excluding hydrogens is 437 g/mol. The first-order valence-electron chi connectivity index (χ1n) is 9.76. The third-order valence-corrected chi connectivity index (χ3v) is 5.14. The smallest absolute Gasteiger partial charge is 0.190 e. The monoisotopic (exact) mass is 471 g/mol. The molecule has 1 aromatic rings. The number of hydrogen-bond acceptors (Lipinski definition) is 3. The molecule has 1 saturated carbocycles. The molecule has 3 rings (SSSR count). The van der Waals surface area contributed by atoms with Gasteiger partial charge in [-0.1, -0.05) is 30.3 Å². The number of piperazine rings is 1. The summed E-state index contributed by atoms with van der Waals surface area (Å²) in [5.41, 5.74) is 1.42. The number of guanidine groups is 1. The Morgan fingerprint density at radius 2 is 1.73 bits per heavy atom. The molecule has 6 heteroatoms. The number of nitrogens with zero attached hydrogens (tertiary/aromatic N) is 3. The number of halogens is 1. The first-order chi connectivity index (χ1) is 12.3. The van der Waals surface area contributed by atoms with Crippen molar-refractivity contribution < 1.29 is 0 Å². The quantitative estimate of drug-likeness (QED) is 0.265. The van der Waals surface area contributed by atoms with Crippen LogP contribution in [0.15, 0.2) is 35.3 Å². The minimum Gasteiger partial charge on any atom is -0.356 e. The molecule has 1 saturated heterocycles. The van der Waals surface area contributed by atoms with Crippen LogP contribution in [0.5, 0.6) is 0 Å². The minimum atomic E-state index is 0. The van der Waals surface area contributed by atoms with E-state index in [-0.39, 0.29) is 24.0 Å². The topological polar surface area (TPSA) is 42.9 Å². The maximum Gasteiger partial charge on any atom is 0.190 e. The van der Waals surface area contributed by atoms with Gasteiger partial charge in [0.15, 0.2) is 5.96 Å². The summed E-state index contributed by atoms with van der Waals surface area (Å²) in [7, 11) is 1.86. The molecule has 5 nitrogen and oxygen atoms in total. The van der Waals surface area contributed by atoms with Crippen molar-refractivity contribution >= 4 is 29.9 Å². The summed E-state index contributed by atoms with van der Waals surface area (Å²) in [6, 6.07) is 10.8. The minimum absolute atomic E-state index is 0. The lowest BCUT2D eigenvalue weighted by molar-refractivity contribution is 0.126. The maximum atomic E-state index is 4.30. The van der Waals surface area contributed by atoms with E-state index in [0.717, 1.165) is 31.5 Å². The highest BCUT2D eigenvalue weighted by atomic mass is 127. The summed E-state index contributed by atoms with van der Waals surface area (Å²) in [6.07, 6.45) is 3.92. The average Bonchev–Trinajstić information content (AvgIpc) is 3.48. The van der Waals surface area contributed by atoms with Gasteiger partial charge in [-0.15, -0.1) is 24.0 Å². The van der Waals surface area contributed by atoms with Gasteiger partial charge in [0, 0.05) is 52.9 Å². The Morgan fingerprint density at radius 1 is 1.04 bits per heavy atom. The molecule has 2 aliphatic rings. The van der Waals surface area contributed by atoms with Gasteiger partial charge in [-0.05, 0) is 37.3 Å². The molecule has 1 heterocycles. The second kappa shape index (κ2) is 11.8. The fourth-order valence-corrected chi connectivity index (χ4v) is 3.31. The van der Waals surface area contributed by atoms with Crippen LogP contribution in [0.4, 0.5) is 0 Å². The van der Waals surface area contributed by atoms with Crippen molar-refractivity contribution in [3.63, 3.8) is 0 Å². The van der Waals surface area contributed by atoms with Crippen molar-refractivity contribution in [2.45, 2.75) is 25.8 Å². The molecule has 146 valence electrons. The molecule has 26 heavy (non-hydrogen) atoms. The fraction of sp³-hybridized carbons (Fsp3) is 0.650. The SMILES string of the molecule is CN=C(NCCCN1CCN(Cc2ccccc2)CC1)NCC1CC1.I. The average molecular weight is 471 g/mol. The standard InChI is InChI=1S/C20H33N5.HI/c1-21-20(23-16-18-8-9-18)22-10-5-11-24-12-14-25(15-13-24)17-19-6-3-2-4-7-19;/h2-4,6-7,18H,5,8-17H2,1H3,(H2,21,22,23);1H. The molecule has 0 radical (unpaired) electrons. The molecule has 1 aliphatic carbocycles. The third kappa shape index (κ3) is 7.80. The van der Waals surface area contributed by atoms with Crippen LogP contribution in [0.25, 0.3) is 0 Å². The van der Waals surface area contributed by atoms with Crippen LogP contribution in [-0.2, 0) is 6.54 Å². The Labute approximate surface area is 175 Å². The second-order valence-electron chi connectivity index (χ2n) is 7.28. The van der Waals surface area contributed by atoms with Crippen LogP contribution in [0.3, 0.4) is 0 Å². The van der Waals surface area contributed by atoms with Crippen LogP contribution >= 0.6 is 24.0 Å². The zero-order chi connectivity index (χ0) is 17.3. The Hall–Kier alpha value is -0.860. The highest BCUT2D eigenvalue weighted by Crippen LogP contribution is 2.27. The number of hydrogen-bond donors (Lipinski definition) is 2. The maximum absolute atomic E-state index is 4.30. The number of rotatable bonds is 8. The van der Waals surface area contributed by atoms with Gasteiger partial charge in [-0.3, -0.25) is 9.89 Å². The molecule has 0 unspecified atom stereocenters. The molecular formula is C20H34IN5. The van der Waals surface area contributed by atoms with Crippen LogP contribution < -0.4 is 10.6 Å². The van der Waals surface area contributed by atoms with Gasteiger partial charge in [0.25, 0.3) is 0 Å². The molecule has 2 fully saturated rings. The summed E-state index contributed by atoms with van der Waals surface area (Å²) >= 11 is 0. The van der Waals surface area contributed by atoms with E-state index in [1.165, 1.54) is 57.5 Å². The number of aliphatic imine (C=N–C) groups is 1. The predicted octanol–water partition coefficient (Wildman–Crippen LogP) is 2.39. The molecule has 2 N–H and O–H groups in total. The molecule has 1 aromatic carbocycles. The Morgan fingerprint density at radius 3 is 2.38 bits per heavy atom. The summed E-state index contributed by atoms with van der Waals surface area (Å²) in [6.45, 7) is 9.03. The van der Waals surface area contributed by atoms with Gasteiger partial charge in [-0.25, -0.2) is 0 Å². The Kier molecular flexibility index (Phi) is 9.71. The predicted molar refractivity (Wildman–Crippen MR) is 120 cm³/mol. The van der Waals surface area contributed by atoms with Gasteiger partial charge in [0.1, 0.15) is 0 Å². The van der Waals surface area contributed by atoms with Crippen molar-refractivity contribution in [1.82, 2.24) is 20.4 Å². The van der Waals surface area contributed by atoms with Gasteiger partial charge in [0.05, 0.1) is 0 Å². The Balaban J connectivity index is 0.00000243. The van der Waals surface area contributed by atoms with Crippen LogP contribution in [0.2, 0.25) is 0 Å². The van der Waals surface area contributed by atoms with Gasteiger partial charge in [0.2, 0.25) is 0 Å². The third-order valence-electron chi connectivity index (χ3n) is 5.14. The van der Waals surface area contributed by atoms with Crippen molar-refractivity contribution in [2.75, 3.05) is 52.9 Å². The zero-order valence-corrected chi connectivity index (χ0v) is 18.3. The van der Waals surface area contributed by atoms with Crippen LogP contribution in [0, 0.1) is 5.92 Å².